The lowest BCUT2D eigenvalue weighted by Crippen LogP contribution is -2.19. The van der Waals surface area contributed by atoms with Crippen LogP contribution in [0.1, 0.15) is 23.2 Å². The van der Waals surface area contributed by atoms with Gasteiger partial charge in [0, 0.05) is 18.8 Å². The fourth-order valence-corrected chi connectivity index (χ4v) is 1.92. The molecule has 0 aromatic heterocycles. The Hall–Kier alpha value is -1.75. The maximum absolute atomic E-state index is 11.0. The molecule has 1 aromatic rings. The Bertz CT molecular complexity index is 414. The molecule has 1 heterocycles. The van der Waals surface area contributed by atoms with E-state index in [9.17, 15) is 4.79 Å². The zero-order valence-corrected chi connectivity index (χ0v) is 9.48. The van der Waals surface area contributed by atoms with Crippen molar-refractivity contribution < 1.29 is 14.6 Å². The Kier molecular flexibility index (Phi) is 3.49. The summed E-state index contributed by atoms with van der Waals surface area (Å²) in [5.74, 6) is -0.958. The highest BCUT2D eigenvalue weighted by Crippen LogP contribution is 2.20. The van der Waals surface area contributed by atoms with Gasteiger partial charge in [0.05, 0.1) is 17.4 Å². The number of hydrogen-bond acceptors (Lipinski definition) is 4. The van der Waals surface area contributed by atoms with Gasteiger partial charge in [-0.25, -0.2) is 4.79 Å². The molecule has 1 fully saturated rings. The van der Waals surface area contributed by atoms with Crippen molar-refractivity contribution in [1.29, 1.82) is 0 Å². The van der Waals surface area contributed by atoms with Gasteiger partial charge >= 0.3 is 5.97 Å². The van der Waals surface area contributed by atoms with Gasteiger partial charge in [0.15, 0.2) is 0 Å². The summed E-state index contributed by atoms with van der Waals surface area (Å²) < 4.78 is 5.46. The number of nitrogens with one attached hydrogen (secondary N) is 1. The number of nitrogens with two attached hydrogens (primary N) is 1. The third kappa shape index (κ3) is 2.88. The average Bonchev–Trinajstić information content (AvgIpc) is 2.78. The molecule has 1 aliphatic heterocycles. The summed E-state index contributed by atoms with van der Waals surface area (Å²) in [6.45, 7) is 1.40. The first kappa shape index (κ1) is 11.7. The number of rotatable bonds is 4. The summed E-state index contributed by atoms with van der Waals surface area (Å²) in [7, 11) is 0. The van der Waals surface area contributed by atoms with Crippen molar-refractivity contribution in [3.8, 4) is 0 Å². The molecule has 0 amide bonds. The SMILES string of the molecule is Nc1ccc(C(=O)O)c(NCC2CCCO2)c1. The largest absolute Gasteiger partial charge is 0.478 e. The normalized spacial score (nSPS) is 19.2. The second kappa shape index (κ2) is 5.05. The van der Waals surface area contributed by atoms with E-state index in [1.54, 1.807) is 12.1 Å². The Morgan fingerprint density at radius 1 is 1.59 bits per heavy atom. The highest BCUT2D eigenvalue weighted by molar-refractivity contribution is 5.95. The minimum atomic E-state index is -0.958. The number of carboxylic acid groups (broad SMARTS) is 1. The Balaban J connectivity index is 2.07. The van der Waals surface area contributed by atoms with Crippen LogP contribution in [0.25, 0.3) is 0 Å². The topological polar surface area (TPSA) is 84.6 Å². The van der Waals surface area contributed by atoms with Gasteiger partial charge in [0.2, 0.25) is 0 Å². The summed E-state index contributed by atoms with van der Waals surface area (Å²) in [6, 6.07) is 4.73. The molecule has 17 heavy (non-hydrogen) atoms. The maximum atomic E-state index is 11.0. The fourth-order valence-electron chi connectivity index (χ4n) is 1.92. The van der Waals surface area contributed by atoms with Crippen LogP contribution >= 0.6 is 0 Å². The number of nitrogen functional groups attached to an aromatic ring is 1. The van der Waals surface area contributed by atoms with Crippen LogP contribution in [0.2, 0.25) is 0 Å². The molecule has 5 heteroatoms. The van der Waals surface area contributed by atoms with Gasteiger partial charge < -0.3 is 20.9 Å². The van der Waals surface area contributed by atoms with E-state index in [-0.39, 0.29) is 11.7 Å². The molecule has 1 aliphatic rings. The van der Waals surface area contributed by atoms with E-state index in [0.29, 0.717) is 17.9 Å². The standard InChI is InChI=1S/C12H16N2O3/c13-8-3-4-10(12(15)16)11(6-8)14-7-9-2-1-5-17-9/h3-4,6,9,14H,1-2,5,7,13H2,(H,15,16). The van der Waals surface area contributed by atoms with Crippen LogP contribution in [0, 0.1) is 0 Å². The molecular weight excluding hydrogens is 220 g/mol. The average molecular weight is 236 g/mol. The minimum Gasteiger partial charge on any atom is -0.478 e. The van der Waals surface area contributed by atoms with Gasteiger partial charge in [-0.05, 0) is 31.0 Å². The predicted octanol–water partition coefficient (Wildman–Crippen LogP) is 1.56. The number of anilines is 2. The summed E-state index contributed by atoms with van der Waals surface area (Å²) in [4.78, 5) is 11.0. The van der Waals surface area contributed by atoms with Crippen molar-refractivity contribution in [1.82, 2.24) is 0 Å². The van der Waals surface area contributed by atoms with E-state index in [0.717, 1.165) is 19.4 Å². The highest BCUT2D eigenvalue weighted by atomic mass is 16.5. The molecule has 1 aromatic carbocycles. The molecule has 0 bridgehead atoms. The zero-order valence-electron chi connectivity index (χ0n) is 9.48. The molecule has 92 valence electrons. The van der Waals surface area contributed by atoms with Crippen molar-refractivity contribution >= 4 is 17.3 Å². The number of benzene rings is 1. The number of hydrogen-bond donors (Lipinski definition) is 3. The molecule has 1 saturated heterocycles. The van der Waals surface area contributed by atoms with E-state index in [2.05, 4.69) is 5.32 Å². The molecule has 1 atom stereocenters. The van der Waals surface area contributed by atoms with Gasteiger partial charge in [0.25, 0.3) is 0 Å². The molecule has 5 nitrogen and oxygen atoms in total. The lowest BCUT2D eigenvalue weighted by molar-refractivity contribution is 0.0697. The van der Waals surface area contributed by atoms with Crippen molar-refractivity contribution in [3.05, 3.63) is 23.8 Å². The van der Waals surface area contributed by atoms with E-state index in [4.69, 9.17) is 15.6 Å². The van der Waals surface area contributed by atoms with E-state index >= 15 is 0 Å². The Labute approximate surface area is 99.6 Å². The third-order valence-electron chi connectivity index (χ3n) is 2.82. The number of carboxylic acids is 1. The highest BCUT2D eigenvalue weighted by Gasteiger charge is 2.16. The van der Waals surface area contributed by atoms with Gasteiger partial charge in [-0.3, -0.25) is 0 Å². The van der Waals surface area contributed by atoms with Crippen LogP contribution in [0.3, 0.4) is 0 Å². The molecule has 0 radical (unpaired) electrons. The monoisotopic (exact) mass is 236 g/mol. The van der Waals surface area contributed by atoms with Gasteiger partial charge in [0.1, 0.15) is 0 Å². The van der Waals surface area contributed by atoms with Crippen LogP contribution in [0.5, 0.6) is 0 Å². The molecule has 0 spiro atoms. The van der Waals surface area contributed by atoms with Crippen molar-refractivity contribution in [2.45, 2.75) is 18.9 Å². The lowest BCUT2D eigenvalue weighted by Gasteiger charge is -2.14. The third-order valence-corrected chi connectivity index (χ3v) is 2.82. The molecule has 0 aliphatic carbocycles. The quantitative estimate of drug-likeness (QED) is 0.691. The molecular formula is C12H16N2O3. The first-order valence-electron chi connectivity index (χ1n) is 5.65. The Morgan fingerprint density at radius 2 is 2.41 bits per heavy atom. The summed E-state index contributed by atoms with van der Waals surface area (Å²) in [6.07, 6.45) is 2.24. The predicted molar refractivity (Wildman–Crippen MR) is 65.3 cm³/mol. The van der Waals surface area contributed by atoms with Crippen LogP contribution in [-0.4, -0.2) is 30.3 Å². The van der Waals surface area contributed by atoms with Crippen molar-refractivity contribution in [3.63, 3.8) is 0 Å². The van der Waals surface area contributed by atoms with Gasteiger partial charge in [-0.2, -0.15) is 0 Å². The lowest BCUT2D eigenvalue weighted by atomic mass is 10.1. The van der Waals surface area contributed by atoms with Crippen molar-refractivity contribution in [2.24, 2.45) is 0 Å². The van der Waals surface area contributed by atoms with Crippen molar-refractivity contribution in [2.75, 3.05) is 24.2 Å². The van der Waals surface area contributed by atoms with E-state index < -0.39 is 5.97 Å². The fraction of sp³-hybridized carbons (Fsp3) is 0.417. The van der Waals surface area contributed by atoms with E-state index in [1.807, 2.05) is 0 Å². The molecule has 1 unspecified atom stereocenters. The summed E-state index contributed by atoms with van der Waals surface area (Å²) in [5, 5.41) is 12.1. The molecule has 0 saturated carbocycles. The smallest absolute Gasteiger partial charge is 0.337 e. The van der Waals surface area contributed by atoms with Crippen LogP contribution in [0.15, 0.2) is 18.2 Å². The summed E-state index contributed by atoms with van der Waals surface area (Å²) >= 11 is 0. The van der Waals surface area contributed by atoms with Gasteiger partial charge in [-0.1, -0.05) is 0 Å². The number of ether oxygens (including phenoxy) is 1. The minimum absolute atomic E-state index is 0.165. The second-order valence-corrected chi connectivity index (χ2v) is 4.13. The second-order valence-electron chi connectivity index (χ2n) is 4.13. The number of aromatic carboxylic acids is 1. The van der Waals surface area contributed by atoms with E-state index in [1.165, 1.54) is 6.07 Å². The van der Waals surface area contributed by atoms with Gasteiger partial charge in [-0.15, -0.1) is 0 Å². The molecule has 4 N–H and O–H groups in total. The van der Waals surface area contributed by atoms with Crippen LogP contribution in [0.4, 0.5) is 11.4 Å². The maximum Gasteiger partial charge on any atom is 0.337 e. The first-order valence-corrected chi connectivity index (χ1v) is 5.65. The Morgan fingerprint density at radius 3 is 3.06 bits per heavy atom. The summed E-state index contributed by atoms with van der Waals surface area (Å²) in [5.41, 5.74) is 6.98. The number of carbonyl (C=O) groups is 1. The zero-order chi connectivity index (χ0) is 12.3. The van der Waals surface area contributed by atoms with Crippen LogP contribution in [-0.2, 0) is 4.74 Å². The molecule has 2 rings (SSSR count). The first-order chi connectivity index (χ1) is 8.16. The van der Waals surface area contributed by atoms with Crippen LogP contribution < -0.4 is 11.1 Å².